The van der Waals surface area contributed by atoms with Crippen LogP contribution in [0.5, 0.6) is 11.5 Å². The summed E-state index contributed by atoms with van der Waals surface area (Å²) in [5.74, 6) is 1.28. The molecule has 3 aromatic rings. The molecule has 0 saturated carbocycles. The molecule has 0 saturated heterocycles. The van der Waals surface area contributed by atoms with E-state index < -0.39 is 0 Å². The third-order valence-electron chi connectivity index (χ3n) is 3.18. The highest BCUT2D eigenvalue weighted by Crippen LogP contribution is 2.24. The van der Waals surface area contributed by atoms with Gasteiger partial charge >= 0.3 is 0 Å². The molecule has 0 aliphatic rings. The van der Waals surface area contributed by atoms with Crippen molar-refractivity contribution in [2.75, 3.05) is 19.5 Å². The van der Waals surface area contributed by atoms with Crippen molar-refractivity contribution < 1.29 is 14.3 Å². The minimum Gasteiger partial charge on any atom is -0.497 e. The number of aromatic amines is 1. The predicted molar refractivity (Wildman–Crippen MR) is 81.4 cm³/mol. The van der Waals surface area contributed by atoms with Crippen molar-refractivity contribution in [3.63, 3.8) is 0 Å². The maximum Gasteiger partial charge on any atom is 0.257 e. The quantitative estimate of drug-likeness (QED) is 0.771. The second-order valence-corrected chi connectivity index (χ2v) is 4.53. The first-order valence-electron chi connectivity index (χ1n) is 6.55. The molecule has 3 rings (SSSR count). The van der Waals surface area contributed by atoms with Crippen LogP contribution in [0.25, 0.3) is 11.0 Å². The first kappa shape index (κ1) is 13.9. The van der Waals surface area contributed by atoms with Crippen LogP contribution in [0.1, 0.15) is 10.4 Å². The zero-order chi connectivity index (χ0) is 15.5. The van der Waals surface area contributed by atoms with Crippen LogP contribution in [0.2, 0.25) is 0 Å². The Bertz CT molecular complexity index is 806. The largest absolute Gasteiger partial charge is 0.497 e. The highest BCUT2D eigenvalue weighted by molar-refractivity contribution is 6.07. The van der Waals surface area contributed by atoms with Gasteiger partial charge in [-0.2, -0.15) is 5.10 Å². The summed E-state index contributed by atoms with van der Waals surface area (Å²) in [6.45, 7) is 0. The van der Waals surface area contributed by atoms with Crippen molar-refractivity contribution in [2.24, 2.45) is 0 Å². The van der Waals surface area contributed by atoms with E-state index in [4.69, 9.17) is 9.47 Å². The van der Waals surface area contributed by atoms with Crippen LogP contribution < -0.4 is 14.8 Å². The van der Waals surface area contributed by atoms with E-state index in [0.29, 0.717) is 28.5 Å². The normalized spacial score (nSPS) is 10.5. The lowest BCUT2D eigenvalue weighted by molar-refractivity contribution is 0.102. The van der Waals surface area contributed by atoms with E-state index >= 15 is 0 Å². The number of benzene rings is 1. The monoisotopic (exact) mass is 298 g/mol. The Hall–Kier alpha value is -3.09. The number of methoxy groups -OCH3 is 2. The minimum atomic E-state index is -0.299. The number of aromatic nitrogens is 3. The fourth-order valence-corrected chi connectivity index (χ4v) is 2.07. The highest BCUT2D eigenvalue weighted by Gasteiger charge is 2.13. The van der Waals surface area contributed by atoms with Crippen LogP contribution in [-0.4, -0.2) is 35.3 Å². The topological polar surface area (TPSA) is 89.1 Å². The fraction of sp³-hybridized carbons (Fsp3) is 0.133. The van der Waals surface area contributed by atoms with E-state index in [2.05, 4.69) is 20.5 Å². The van der Waals surface area contributed by atoms with Gasteiger partial charge in [0, 0.05) is 17.8 Å². The molecule has 1 amide bonds. The Morgan fingerprint density at radius 2 is 1.91 bits per heavy atom. The van der Waals surface area contributed by atoms with Gasteiger partial charge in [-0.3, -0.25) is 9.89 Å². The van der Waals surface area contributed by atoms with E-state index in [-0.39, 0.29) is 5.91 Å². The second kappa shape index (κ2) is 5.72. The van der Waals surface area contributed by atoms with Gasteiger partial charge in [0.15, 0.2) is 5.65 Å². The third kappa shape index (κ3) is 2.56. The summed E-state index contributed by atoms with van der Waals surface area (Å²) < 4.78 is 10.3. The minimum absolute atomic E-state index is 0.299. The van der Waals surface area contributed by atoms with Gasteiger partial charge in [0.1, 0.15) is 17.3 Å². The molecule has 2 aromatic heterocycles. The van der Waals surface area contributed by atoms with Crippen molar-refractivity contribution in [3.05, 3.63) is 42.1 Å². The summed E-state index contributed by atoms with van der Waals surface area (Å²) >= 11 is 0. The van der Waals surface area contributed by atoms with Crippen molar-refractivity contribution in [1.82, 2.24) is 15.2 Å². The average Bonchev–Trinajstić information content (AvgIpc) is 2.97. The number of nitrogens with one attached hydrogen (secondary N) is 2. The Morgan fingerprint density at radius 1 is 1.18 bits per heavy atom. The summed E-state index contributed by atoms with van der Waals surface area (Å²) in [4.78, 5) is 16.5. The lowest BCUT2D eigenvalue weighted by atomic mass is 10.2. The van der Waals surface area contributed by atoms with Gasteiger partial charge < -0.3 is 14.8 Å². The molecule has 0 fully saturated rings. The first-order chi connectivity index (χ1) is 10.7. The summed E-state index contributed by atoms with van der Waals surface area (Å²) in [6.07, 6.45) is 1.64. The molecule has 112 valence electrons. The molecule has 0 spiro atoms. The predicted octanol–water partition coefficient (Wildman–Crippen LogP) is 2.23. The second-order valence-electron chi connectivity index (χ2n) is 4.53. The summed E-state index contributed by atoms with van der Waals surface area (Å²) in [5.41, 5.74) is 0.962. The van der Waals surface area contributed by atoms with Gasteiger partial charge in [0.05, 0.1) is 19.6 Å². The van der Waals surface area contributed by atoms with Crippen LogP contribution in [0.4, 0.5) is 5.82 Å². The molecule has 0 unspecified atom stereocenters. The molecule has 7 heteroatoms. The van der Waals surface area contributed by atoms with Crippen LogP contribution in [0.15, 0.2) is 36.5 Å². The molecule has 7 nitrogen and oxygen atoms in total. The van der Waals surface area contributed by atoms with Gasteiger partial charge in [-0.15, -0.1) is 0 Å². The molecule has 0 bridgehead atoms. The molecule has 0 radical (unpaired) electrons. The number of ether oxygens (including phenoxy) is 2. The standard InChI is InChI=1S/C15H14N4O3/c1-21-10-6-9(7-11(8-10)22-2)15(20)17-14-12-4-3-5-16-13(12)18-19-14/h3-8H,1-2H3,(H2,16,17,18,19,20). The molecular formula is C15H14N4O3. The van der Waals surface area contributed by atoms with E-state index in [1.807, 2.05) is 6.07 Å². The van der Waals surface area contributed by atoms with E-state index in [0.717, 1.165) is 5.39 Å². The van der Waals surface area contributed by atoms with Gasteiger partial charge in [-0.05, 0) is 24.3 Å². The third-order valence-corrected chi connectivity index (χ3v) is 3.18. The number of carbonyl (C=O) groups is 1. The number of pyridine rings is 1. The number of carbonyl (C=O) groups excluding carboxylic acids is 1. The number of H-pyrrole nitrogens is 1. The van der Waals surface area contributed by atoms with Gasteiger partial charge in [-0.25, -0.2) is 4.98 Å². The fourth-order valence-electron chi connectivity index (χ4n) is 2.07. The maximum absolute atomic E-state index is 12.4. The number of rotatable bonds is 4. The number of amides is 1. The molecule has 0 aliphatic carbocycles. The van der Waals surface area contributed by atoms with Gasteiger partial charge in [-0.1, -0.05) is 0 Å². The number of fused-ring (bicyclic) bond motifs is 1. The van der Waals surface area contributed by atoms with Crippen molar-refractivity contribution in [1.29, 1.82) is 0 Å². The smallest absolute Gasteiger partial charge is 0.257 e. The molecule has 1 aromatic carbocycles. The Morgan fingerprint density at radius 3 is 2.59 bits per heavy atom. The Kier molecular flexibility index (Phi) is 3.61. The lowest BCUT2D eigenvalue weighted by Crippen LogP contribution is -2.12. The number of hydrogen-bond acceptors (Lipinski definition) is 5. The molecule has 22 heavy (non-hydrogen) atoms. The summed E-state index contributed by atoms with van der Waals surface area (Å²) in [6, 6.07) is 8.57. The van der Waals surface area contributed by atoms with Crippen molar-refractivity contribution in [2.45, 2.75) is 0 Å². The zero-order valence-electron chi connectivity index (χ0n) is 12.1. The highest BCUT2D eigenvalue weighted by atomic mass is 16.5. The number of hydrogen-bond donors (Lipinski definition) is 2. The molecular weight excluding hydrogens is 284 g/mol. The van der Waals surface area contributed by atoms with Crippen LogP contribution in [0.3, 0.4) is 0 Å². The van der Waals surface area contributed by atoms with Crippen molar-refractivity contribution in [3.8, 4) is 11.5 Å². The number of nitrogens with zero attached hydrogens (tertiary/aromatic N) is 2. The van der Waals surface area contributed by atoms with E-state index in [9.17, 15) is 4.79 Å². The SMILES string of the molecule is COc1cc(OC)cc(C(=O)Nc2[nH]nc3ncccc23)c1. The lowest BCUT2D eigenvalue weighted by Gasteiger charge is -2.08. The number of anilines is 1. The van der Waals surface area contributed by atoms with Gasteiger partial charge in [0.25, 0.3) is 5.91 Å². The van der Waals surface area contributed by atoms with E-state index in [1.54, 1.807) is 30.5 Å². The van der Waals surface area contributed by atoms with Crippen molar-refractivity contribution >= 4 is 22.8 Å². The van der Waals surface area contributed by atoms with Crippen LogP contribution in [0, 0.1) is 0 Å². The zero-order valence-corrected chi connectivity index (χ0v) is 12.1. The first-order valence-corrected chi connectivity index (χ1v) is 6.55. The molecule has 0 atom stereocenters. The molecule has 0 aliphatic heterocycles. The average molecular weight is 298 g/mol. The molecule has 2 heterocycles. The van der Waals surface area contributed by atoms with Gasteiger partial charge in [0.2, 0.25) is 0 Å². The molecule has 2 N–H and O–H groups in total. The Labute approximate surface area is 126 Å². The van der Waals surface area contributed by atoms with E-state index in [1.165, 1.54) is 14.2 Å². The van der Waals surface area contributed by atoms with Crippen LogP contribution in [-0.2, 0) is 0 Å². The maximum atomic E-state index is 12.4. The van der Waals surface area contributed by atoms with Crippen LogP contribution >= 0.6 is 0 Å². The summed E-state index contributed by atoms with van der Waals surface area (Å²) in [5, 5.41) is 10.3. The summed E-state index contributed by atoms with van der Waals surface area (Å²) in [7, 11) is 3.06. The Balaban J connectivity index is 1.91.